The second-order valence-electron chi connectivity index (χ2n) is 7.46. The van der Waals surface area contributed by atoms with E-state index in [1.165, 1.54) is 0 Å². The highest BCUT2D eigenvalue weighted by Crippen LogP contribution is 2.36. The lowest BCUT2D eigenvalue weighted by molar-refractivity contribution is -0.138. The molecule has 0 fully saturated rings. The molecule has 1 amide bonds. The van der Waals surface area contributed by atoms with Crippen LogP contribution in [0.5, 0.6) is 0 Å². The number of aliphatic carboxylic acids is 1. The number of benzene rings is 2. The highest BCUT2D eigenvalue weighted by molar-refractivity contribution is 6.12. The molecule has 3 N–H and O–H groups in total. The minimum absolute atomic E-state index is 0.0200. The van der Waals surface area contributed by atoms with E-state index < -0.39 is 12.0 Å². The number of carboxylic acid groups (broad SMARTS) is 1. The first-order valence-electron chi connectivity index (χ1n) is 9.77. The molecule has 3 rings (SSSR count). The molecule has 0 bridgehead atoms. The van der Waals surface area contributed by atoms with Gasteiger partial charge in [-0.15, -0.1) is 0 Å². The lowest BCUT2D eigenvalue weighted by atomic mass is 10.0. The van der Waals surface area contributed by atoms with Gasteiger partial charge in [0, 0.05) is 31.9 Å². The van der Waals surface area contributed by atoms with Crippen LogP contribution < -0.4 is 10.6 Å². The SMILES string of the molecule is CN(C)c1ccc2c(c1)C(=O)N(CCCC[C@H](N)C(=O)O)/C2=C\c1ccccc1. The smallest absolute Gasteiger partial charge is 0.320 e. The van der Waals surface area contributed by atoms with E-state index >= 15 is 0 Å². The fraction of sp³-hybridized carbons (Fsp3) is 0.304. The monoisotopic (exact) mass is 393 g/mol. The van der Waals surface area contributed by atoms with Gasteiger partial charge in [0.25, 0.3) is 5.91 Å². The Hall–Kier alpha value is -3.12. The maximum atomic E-state index is 13.2. The zero-order chi connectivity index (χ0) is 21.0. The van der Waals surface area contributed by atoms with Crippen LogP contribution in [0.15, 0.2) is 48.5 Å². The minimum Gasteiger partial charge on any atom is -0.480 e. The van der Waals surface area contributed by atoms with Gasteiger partial charge in [-0.05, 0) is 43.0 Å². The maximum absolute atomic E-state index is 13.2. The van der Waals surface area contributed by atoms with Crippen molar-refractivity contribution in [3.8, 4) is 0 Å². The number of fused-ring (bicyclic) bond motifs is 1. The summed E-state index contributed by atoms with van der Waals surface area (Å²) in [7, 11) is 3.90. The van der Waals surface area contributed by atoms with Gasteiger partial charge in [-0.2, -0.15) is 0 Å². The third-order valence-corrected chi connectivity index (χ3v) is 5.13. The Balaban J connectivity index is 1.86. The Morgan fingerprint density at radius 1 is 1.14 bits per heavy atom. The Morgan fingerprint density at radius 2 is 1.86 bits per heavy atom. The fourth-order valence-corrected chi connectivity index (χ4v) is 3.45. The molecular weight excluding hydrogens is 366 g/mol. The van der Waals surface area contributed by atoms with Crippen LogP contribution in [-0.4, -0.2) is 48.6 Å². The van der Waals surface area contributed by atoms with Gasteiger partial charge in [-0.3, -0.25) is 9.59 Å². The number of nitrogens with zero attached hydrogens (tertiary/aromatic N) is 2. The summed E-state index contributed by atoms with van der Waals surface area (Å²) in [4.78, 5) is 27.8. The normalized spacial score (nSPS) is 15.5. The van der Waals surface area contributed by atoms with Gasteiger partial charge in [-0.25, -0.2) is 0 Å². The molecule has 0 spiro atoms. The molecule has 2 aromatic rings. The summed E-state index contributed by atoms with van der Waals surface area (Å²) in [6, 6.07) is 15.0. The Labute approximate surface area is 171 Å². The van der Waals surface area contributed by atoms with Gasteiger partial charge < -0.3 is 20.6 Å². The molecule has 6 heteroatoms. The minimum atomic E-state index is -0.990. The predicted octanol–water partition coefficient (Wildman–Crippen LogP) is 3.29. The van der Waals surface area contributed by atoms with Crippen molar-refractivity contribution >= 4 is 29.3 Å². The van der Waals surface area contributed by atoms with E-state index in [1.54, 1.807) is 4.90 Å². The molecule has 0 aliphatic carbocycles. The maximum Gasteiger partial charge on any atom is 0.320 e. The number of carboxylic acids is 1. The van der Waals surface area contributed by atoms with Crippen LogP contribution >= 0.6 is 0 Å². The number of carbonyl (C=O) groups excluding carboxylic acids is 1. The molecule has 1 atom stereocenters. The fourth-order valence-electron chi connectivity index (χ4n) is 3.45. The quantitative estimate of drug-likeness (QED) is 0.672. The molecule has 0 aromatic heterocycles. The Morgan fingerprint density at radius 3 is 2.52 bits per heavy atom. The van der Waals surface area contributed by atoms with E-state index in [2.05, 4.69) is 0 Å². The number of carbonyl (C=O) groups is 2. The molecule has 1 aliphatic rings. The van der Waals surface area contributed by atoms with E-state index in [1.807, 2.05) is 73.6 Å². The van der Waals surface area contributed by atoms with Crippen LogP contribution in [0.25, 0.3) is 11.8 Å². The van der Waals surface area contributed by atoms with Crippen molar-refractivity contribution in [2.75, 3.05) is 25.5 Å². The highest BCUT2D eigenvalue weighted by atomic mass is 16.4. The van der Waals surface area contributed by atoms with Gasteiger partial charge in [-0.1, -0.05) is 36.4 Å². The van der Waals surface area contributed by atoms with Gasteiger partial charge >= 0.3 is 5.97 Å². The van der Waals surface area contributed by atoms with Crippen LogP contribution in [0.2, 0.25) is 0 Å². The van der Waals surface area contributed by atoms with Crippen LogP contribution in [0.1, 0.15) is 40.7 Å². The third kappa shape index (κ3) is 4.66. The van der Waals surface area contributed by atoms with Gasteiger partial charge in [0.05, 0.1) is 11.3 Å². The van der Waals surface area contributed by atoms with Crippen molar-refractivity contribution in [2.24, 2.45) is 5.73 Å². The average Bonchev–Trinajstić information content (AvgIpc) is 2.96. The molecule has 1 heterocycles. The molecule has 29 heavy (non-hydrogen) atoms. The number of unbranched alkanes of at least 4 members (excludes halogenated alkanes) is 1. The second-order valence-corrected chi connectivity index (χ2v) is 7.46. The number of amides is 1. The summed E-state index contributed by atoms with van der Waals surface area (Å²) in [5.74, 6) is -1.01. The first kappa shape index (κ1) is 20.6. The van der Waals surface area contributed by atoms with Crippen LogP contribution in [-0.2, 0) is 4.79 Å². The lowest BCUT2D eigenvalue weighted by Crippen LogP contribution is -2.30. The third-order valence-electron chi connectivity index (χ3n) is 5.13. The molecule has 1 aliphatic heterocycles. The van der Waals surface area contributed by atoms with E-state index in [-0.39, 0.29) is 5.91 Å². The molecular formula is C23H27N3O3. The summed E-state index contributed by atoms with van der Waals surface area (Å²) in [6.07, 6.45) is 3.76. The van der Waals surface area contributed by atoms with Crippen molar-refractivity contribution in [1.82, 2.24) is 4.90 Å². The Kier molecular flexibility index (Phi) is 6.34. The summed E-state index contributed by atoms with van der Waals surface area (Å²) < 4.78 is 0. The topological polar surface area (TPSA) is 86.9 Å². The standard InChI is InChI=1S/C23H27N3O3/c1-25(2)17-11-12-18-19(15-17)22(27)26(13-7-6-10-20(24)23(28)29)21(18)14-16-8-4-3-5-9-16/h3-5,8-9,11-12,14-15,20H,6-7,10,13,24H2,1-2H3,(H,28,29)/b21-14-/t20-/m0/s1. The van der Waals surface area contributed by atoms with Crippen LogP contribution in [0.4, 0.5) is 5.69 Å². The van der Waals surface area contributed by atoms with Crippen molar-refractivity contribution < 1.29 is 14.7 Å². The average molecular weight is 393 g/mol. The van der Waals surface area contributed by atoms with Crippen molar-refractivity contribution in [3.63, 3.8) is 0 Å². The summed E-state index contributed by atoms with van der Waals surface area (Å²) in [5.41, 5.74) is 10.1. The number of anilines is 1. The van der Waals surface area contributed by atoms with Crippen molar-refractivity contribution in [1.29, 1.82) is 0 Å². The van der Waals surface area contributed by atoms with E-state index in [4.69, 9.17) is 10.8 Å². The predicted molar refractivity (Wildman–Crippen MR) is 116 cm³/mol. The molecule has 2 aromatic carbocycles. The van der Waals surface area contributed by atoms with Gasteiger partial charge in [0.1, 0.15) is 6.04 Å². The van der Waals surface area contributed by atoms with E-state index in [0.29, 0.717) is 31.4 Å². The summed E-state index contributed by atoms with van der Waals surface area (Å²) >= 11 is 0. The summed E-state index contributed by atoms with van der Waals surface area (Å²) in [5, 5.41) is 8.93. The van der Waals surface area contributed by atoms with E-state index in [9.17, 15) is 9.59 Å². The number of rotatable bonds is 8. The first-order valence-corrected chi connectivity index (χ1v) is 9.77. The number of hydrogen-bond acceptors (Lipinski definition) is 4. The largest absolute Gasteiger partial charge is 0.480 e. The first-order chi connectivity index (χ1) is 13.9. The number of nitrogens with two attached hydrogens (primary N) is 1. The van der Waals surface area contributed by atoms with Crippen molar-refractivity contribution in [3.05, 3.63) is 65.2 Å². The molecule has 0 radical (unpaired) electrons. The van der Waals surface area contributed by atoms with Crippen LogP contribution in [0, 0.1) is 0 Å². The second kappa shape index (κ2) is 8.92. The molecule has 0 unspecified atom stereocenters. The lowest BCUT2D eigenvalue weighted by Gasteiger charge is -2.19. The molecule has 0 saturated heterocycles. The highest BCUT2D eigenvalue weighted by Gasteiger charge is 2.32. The number of hydrogen-bond donors (Lipinski definition) is 2. The van der Waals surface area contributed by atoms with Gasteiger partial charge in [0.2, 0.25) is 0 Å². The summed E-state index contributed by atoms with van der Waals surface area (Å²) in [6.45, 7) is 0.524. The zero-order valence-corrected chi connectivity index (χ0v) is 16.8. The van der Waals surface area contributed by atoms with Crippen LogP contribution in [0.3, 0.4) is 0 Å². The van der Waals surface area contributed by atoms with Crippen molar-refractivity contribution in [2.45, 2.75) is 25.3 Å². The van der Waals surface area contributed by atoms with Gasteiger partial charge in [0.15, 0.2) is 0 Å². The Bertz CT molecular complexity index is 922. The molecule has 0 saturated carbocycles. The molecule has 6 nitrogen and oxygen atoms in total. The zero-order valence-electron chi connectivity index (χ0n) is 16.8. The molecule has 152 valence electrons. The van der Waals surface area contributed by atoms with E-state index in [0.717, 1.165) is 22.5 Å².